The number of Topliss-reactive ketones (excluding diaryl/α,β-unsaturated/α-hetero) is 1. The first kappa shape index (κ1) is 15.0. The first-order valence-corrected chi connectivity index (χ1v) is 6.20. The number of ketones is 1. The summed E-state index contributed by atoms with van der Waals surface area (Å²) >= 11 is 0. The maximum Gasteiger partial charge on any atom is 0.344 e. The monoisotopic (exact) mass is 262 g/mol. The summed E-state index contributed by atoms with van der Waals surface area (Å²) in [5, 5.41) is 0. The van der Waals surface area contributed by atoms with Crippen LogP contribution in [0.3, 0.4) is 0 Å². The molecule has 1 aromatic rings. The van der Waals surface area contributed by atoms with Gasteiger partial charge in [-0.1, -0.05) is 19.1 Å². The minimum absolute atomic E-state index is 0.0808. The smallest absolute Gasteiger partial charge is 0.344 e. The maximum atomic E-state index is 11.4. The summed E-state index contributed by atoms with van der Waals surface area (Å²) in [6.07, 6.45) is 4.01. The van der Waals surface area contributed by atoms with Crippen molar-refractivity contribution in [1.29, 1.82) is 0 Å². The molecule has 0 bridgehead atoms. The van der Waals surface area contributed by atoms with E-state index < -0.39 is 5.97 Å². The second-order valence-electron chi connectivity index (χ2n) is 3.84. The van der Waals surface area contributed by atoms with E-state index in [2.05, 4.69) is 0 Å². The van der Waals surface area contributed by atoms with Crippen molar-refractivity contribution in [3.05, 3.63) is 42.0 Å². The van der Waals surface area contributed by atoms with Crippen LogP contribution in [-0.4, -0.2) is 25.0 Å². The van der Waals surface area contributed by atoms with Gasteiger partial charge < -0.3 is 9.47 Å². The zero-order chi connectivity index (χ0) is 14.1. The van der Waals surface area contributed by atoms with E-state index in [1.807, 2.05) is 13.8 Å². The van der Waals surface area contributed by atoms with Gasteiger partial charge in [0.1, 0.15) is 12.4 Å². The van der Waals surface area contributed by atoms with Gasteiger partial charge in [-0.25, -0.2) is 4.79 Å². The van der Waals surface area contributed by atoms with Gasteiger partial charge >= 0.3 is 5.97 Å². The zero-order valence-electron chi connectivity index (χ0n) is 11.2. The van der Waals surface area contributed by atoms with Gasteiger partial charge in [-0.05, 0) is 31.2 Å². The highest BCUT2D eigenvalue weighted by Crippen LogP contribution is 2.13. The molecular formula is C15H18O4. The Morgan fingerprint density at radius 2 is 1.89 bits per heavy atom. The Balaban J connectivity index is 2.41. The third kappa shape index (κ3) is 5.38. The predicted molar refractivity (Wildman–Crippen MR) is 72.3 cm³/mol. The molecule has 0 fully saturated rings. The highest BCUT2D eigenvalue weighted by molar-refractivity contribution is 5.95. The molecule has 0 heterocycles. The number of carbonyl (C=O) groups is 2. The maximum absolute atomic E-state index is 11.4. The summed E-state index contributed by atoms with van der Waals surface area (Å²) in [7, 11) is 0. The van der Waals surface area contributed by atoms with Crippen LogP contribution in [0.2, 0.25) is 0 Å². The Labute approximate surface area is 113 Å². The molecule has 0 aromatic heterocycles. The molecule has 0 aliphatic heterocycles. The Morgan fingerprint density at radius 3 is 2.47 bits per heavy atom. The van der Waals surface area contributed by atoms with Gasteiger partial charge in [0.2, 0.25) is 0 Å². The molecule has 0 atom stereocenters. The second kappa shape index (κ2) is 8.08. The largest absolute Gasteiger partial charge is 0.482 e. The van der Waals surface area contributed by atoms with Crippen molar-refractivity contribution in [3.63, 3.8) is 0 Å². The number of benzene rings is 1. The third-order valence-corrected chi connectivity index (χ3v) is 2.43. The molecule has 19 heavy (non-hydrogen) atoms. The molecule has 1 aromatic carbocycles. The zero-order valence-corrected chi connectivity index (χ0v) is 11.2. The lowest BCUT2D eigenvalue weighted by Gasteiger charge is -2.06. The topological polar surface area (TPSA) is 52.6 Å². The lowest BCUT2D eigenvalue weighted by Crippen LogP contribution is -2.14. The average Bonchev–Trinajstić information content (AvgIpc) is 2.45. The fraction of sp³-hybridized carbons (Fsp3) is 0.333. The van der Waals surface area contributed by atoms with E-state index in [-0.39, 0.29) is 19.0 Å². The first-order valence-electron chi connectivity index (χ1n) is 6.20. The number of rotatable bonds is 7. The molecule has 0 radical (unpaired) electrons. The number of hydrogen-bond acceptors (Lipinski definition) is 4. The normalized spacial score (nSPS) is 10.4. The summed E-state index contributed by atoms with van der Waals surface area (Å²) < 4.78 is 10.1. The van der Waals surface area contributed by atoms with Crippen LogP contribution < -0.4 is 4.74 Å². The second-order valence-corrected chi connectivity index (χ2v) is 3.84. The average molecular weight is 262 g/mol. The van der Waals surface area contributed by atoms with Gasteiger partial charge in [0.25, 0.3) is 0 Å². The molecule has 0 N–H and O–H groups in total. The van der Waals surface area contributed by atoms with E-state index in [9.17, 15) is 9.59 Å². The Morgan fingerprint density at radius 1 is 1.21 bits per heavy atom. The van der Waals surface area contributed by atoms with Crippen LogP contribution in [0.15, 0.2) is 36.4 Å². The molecule has 1 rings (SSSR count). The summed E-state index contributed by atoms with van der Waals surface area (Å²) in [6, 6.07) is 6.71. The molecular weight excluding hydrogens is 244 g/mol. The van der Waals surface area contributed by atoms with Crippen molar-refractivity contribution in [2.45, 2.75) is 20.3 Å². The van der Waals surface area contributed by atoms with E-state index in [0.29, 0.717) is 17.7 Å². The fourth-order valence-electron chi connectivity index (χ4n) is 1.36. The van der Waals surface area contributed by atoms with E-state index >= 15 is 0 Å². The number of allylic oxidation sites excluding steroid dienone is 1. The lowest BCUT2D eigenvalue weighted by molar-refractivity contribution is -0.144. The summed E-state index contributed by atoms with van der Waals surface area (Å²) in [5.41, 5.74) is 0.644. The van der Waals surface area contributed by atoms with Crippen LogP contribution >= 0.6 is 0 Å². The molecule has 0 aliphatic carbocycles. The molecule has 0 aliphatic rings. The summed E-state index contributed by atoms with van der Waals surface area (Å²) in [4.78, 5) is 22.7. The fourth-order valence-corrected chi connectivity index (χ4v) is 1.36. The van der Waals surface area contributed by atoms with Gasteiger partial charge in [0.15, 0.2) is 12.4 Å². The molecule has 4 heteroatoms. The molecule has 0 unspecified atom stereocenters. The number of ether oxygens (including phenoxy) is 2. The van der Waals surface area contributed by atoms with Crippen LogP contribution in [0.5, 0.6) is 5.75 Å². The van der Waals surface area contributed by atoms with Crippen molar-refractivity contribution in [2.24, 2.45) is 0 Å². The van der Waals surface area contributed by atoms with Crippen LogP contribution in [0, 0.1) is 0 Å². The number of hydrogen-bond donors (Lipinski definition) is 0. The lowest BCUT2D eigenvalue weighted by atomic mass is 10.1. The van der Waals surface area contributed by atoms with E-state index in [4.69, 9.17) is 9.47 Å². The third-order valence-electron chi connectivity index (χ3n) is 2.43. The first-order chi connectivity index (χ1) is 9.17. The van der Waals surface area contributed by atoms with E-state index in [1.165, 1.54) is 0 Å². The van der Waals surface area contributed by atoms with Crippen molar-refractivity contribution < 1.29 is 19.1 Å². The SMILES string of the molecule is CC=CCOC(=O)COc1ccc(C(=O)CC)cc1. The van der Waals surface area contributed by atoms with Gasteiger partial charge in [-0.15, -0.1) is 0 Å². The molecule has 102 valence electrons. The van der Waals surface area contributed by atoms with Crippen LogP contribution in [0.4, 0.5) is 0 Å². The molecule has 0 saturated carbocycles. The van der Waals surface area contributed by atoms with Crippen LogP contribution in [0.1, 0.15) is 30.6 Å². The standard InChI is InChI=1S/C15H18O4/c1-3-5-10-18-15(17)11-19-13-8-6-12(7-9-13)14(16)4-2/h3,5-9H,4,10-11H2,1-2H3. The van der Waals surface area contributed by atoms with E-state index in [1.54, 1.807) is 36.4 Å². The molecule has 0 saturated heterocycles. The Bertz CT molecular complexity index is 446. The van der Waals surface area contributed by atoms with Crippen molar-refractivity contribution in [2.75, 3.05) is 13.2 Å². The summed E-state index contributed by atoms with van der Waals surface area (Å²) in [6.45, 7) is 3.78. The highest BCUT2D eigenvalue weighted by atomic mass is 16.6. The van der Waals surface area contributed by atoms with E-state index in [0.717, 1.165) is 0 Å². The highest BCUT2D eigenvalue weighted by Gasteiger charge is 2.05. The number of esters is 1. The molecule has 4 nitrogen and oxygen atoms in total. The van der Waals surface area contributed by atoms with Crippen LogP contribution in [-0.2, 0) is 9.53 Å². The molecule has 0 spiro atoms. The Kier molecular flexibility index (Phi) is 6.36. The van der Waals surface area contributed by atoms with Crippen molar-refractivity contribution in [1.82, 2.24) is 0 Å². The number of carbonyl (C=O) groups excluding carboxylic acids is 2. The van der Waals surface area contributed by atoms with Crippen molar-refractivity contribution in [3.8, 4) is 5.75 Å². The van der Waals surface area contributed by atoms with Gasteiger partial charge in [-0.3, -0.25) is 4.79 Å². The van der Waals surface area contributed by atoms with Gasteiger partial charge in [0.05, 0.1) is 0 Å². The minimum atomic E-state index is -0.424. The van der Waals surface area contributed by atoms with Gasteiger partial charge in [-0.2, -0.15) is 0 Å². The quantitative estimate of drug-likeness (QED) is 0.431. The Hall–Kier alpha value is -2.10. The summed E-state index contributed by atoms with van der Waals surface area (Å²) in [5.74, 6) is 0.194. The van der Waals surface area contributed by atoms with Crippen LogP contribution in [0.25, 0.3) is 0 Å². The molecule has 0 amide bonds. The van der Waals surface area contributed by atoms with Gasteiger partial charge in [0, 0.05) is 12.0 Å². The minimum Gasteiger partial charge on any atom is -0.482 e. The van der Waals surface area contributed by atoms with Crippen molar-refractivity contribution >= 4 is 11.8 Å². The predicted octanol–water partition coefficient (Wildman–Crippen LogP) is 2.78.